The lowest BCUT2D eigenvalue weighted by Gasteiger charge is -2.08. The Morgan fingerprint density at radius 2 is 1.51 bits per heavy atom. The van der Waals surface area contributed by atoms with Crippen LogP contribution in [0.2, 0.25) is 0 Å². The van der Waals surface area contributed by atoms with Gasteiger partial charge in [-0.2, -0.15) is 0 Å². The maximum Gasteiger partial charge on any atom is 0.0739 e. The van der Waals surface area contributed by atoms with Gasteiger partial charge < -0.3 is 0 Å². The molecule has 0 unspecified atom stereocenters. The van der Waals surface area contributed by atoms with Crippen molar-refractivity contribution in [1.82, 2.24) is 4.98 Å². The van der Waals surface area contributed by atoms with Gasteiger partial charge in [0.25, 0.3) is 0 Å². The second-order valence-corrected chi connectivity index (χ2v) is 10.9. The van der Waals surface area contributed by atoms with Crippen LogP contribution in [0.1, 0.15) is 35.6 Å². The molecule has 1 nitrogen and oxygen atoms in total. The van der Waals surface area contributed by atoms with Crippen molar-refractivity contribution < 1.29 is 0 Å². The number of pyridine rings is 1. The Morgan fingerprint density at radius 1 is 0.791 bits per heavy atom. The molecule has 1 heterocycles. The van der Waals surface area contributed by atoms with Crippen LogP contribution in [0.3, 0.4) is 0 Å². The highest BCUT2D eigenvalue weighted by atomic mass is 14.6. The van der Waals surface area contributed by atoms with E-state index in [9.17, 15) is 0 Å². The van der Waals surface area contributed by atoms with Crippen molar-refractivity contribution in [3.8, 4) is 11.8 Å². The van der Waals surface area contributed by atoms with Crippen LogP contribution in [-0.4, -0.2) is 4.98 Å². The van der Waals surface area contributed by atoms with E-state index in [1.807, 2.05) is 18.3 Å². The topological polar surface area (TPSA) is 12.9 Å². The zero-order valence-electron chi connectivity index (χ0n) is 24.3. The first kappa shape index (κ1) is 26.4. The standard InChI is InChI=1S/C42H31N/c1-3-35-32(25-26-33-11-9-27-43-42(33)35)22-18-29(2)17-19-30-20-23-31(24-21-30)34-10-8-16-40-38-14-5-4-12-36(38)37-13-6-7-15-39(37)41(40)28-34/h4-7,9-16,18,20-28H,2-3,8H2,1H3/b22-18-. The molecule has 43 heavy (non-hydrogen) atoms. The normalized spacial score (nSPS) is 12.6. The number of hydrogen-bond acceptors (Lipinski definition) is 1. The average molecular weight is 550 g/mol. The zero-order valence-corrected chi connectivity index (χ0v) is 24.3. The quantitative estimate of drug-likeness (QED) is 0.122. The van der Waals surface area contributed by atoms with E-state index in [1.165, 1.54) is 54.1 Å². The number of hydrogen-bond donors (Lipinski definition) is 0. The summed E-state index contributed by atoms with van der Waals surface area (Å²) in [5.41, 5.74) is 7.65. The molecule has 6 aromatic rings. The van der Waals surface area contributed by atoms with Crippen molar-refractivity contribution in [3.63, 3.8) is 0 Å². The fourth-order valence-electron chi connectivity index (χ4n) is 6.17. The van der Waals surface area contributed by atoms with Crippen LogP contribution in [0.5, 0.6) is 0 Å². The van der Waals surface area contributed by atoms with Crippen molar-refractivity contribution in [3.05, 3.63) is 160 Å². The molecule has 7 rings (SSSR count). The van der Waals surface area contributed by atoms with Gasteiger partial charge in [-0.05, 0) is 97.4 Å². The molecule has 0 saturated heterocycles. The van der Waals surface area contributed by atoms with Crippen LogP contribution < -0.4 is 10.4 Å². The Morgan fingerprint density at radius 3 is 2.26 bits per heavy atom. The first-order chi connectivity index (χ1) is 21.2. The van der Waals surface area contributed by atoms with Gasteiger partial charge in [0.15, 0.2) is 0 Å². The van der Waals surface area contributed by atoms with Gasteiger partial charge in [-0.15, -0.1) is 0 Å². The Bertz CT molecular complexity index is 2300. The Balaban J connectivity index is 1.16. The van der Waals surface area contributed by atoms with Crippen molar-refractivity contribution in [2.24, 2.45) is 0 Å². The highest BCUT2D eigenvalue weighted by Gasteiger charge is 2.09. The summed E-state index contributed by atoms with van der Waals surface area (Å²) in [4.78, 5) is 4.61. The van der Waals surface area contributed by atoms with Gasteiger partial charge in [-0.1, -0.05) is 122 Å². The predicted octanol–water partition coefficient (Wildman–Crippen LogP) is 8.77. The number of benzene rings is 5. The van der Waals surface area contributed by atoms with E-state index in [0.717, 1.165) is 35.1 Å². The van der Waals surface area contributed by atoms with Crippen LogP contribution in [0, 0.1) is 11.8 Å². The van der Waals surface area contributed by atoms with Gasteiger partial charge in [-0.25, -0.2) is 0 Å². The molecule has 1 aromatic heterocycles. The summed E-state index contributed by atoms with van der Waals surface area (Å²) in [7, 11) is 0. The molecule has 1 aliphatic rings. The van der Waals surface area contributed by atoms with Crippen molar-refractivity contribution >= 4 is 56.2 Å². The van der Waals surface area contributed by atoms with Crippen LogP contribution in [-0.2, 0) is 6.42 Å². The Hall–Kier alpha value is -5.45. The monoisotopic (exact) mass is 549 g/mol. The van der Waals surface area contributed by atoms with Crippen LogP contribution in [0.15, 0.2) is 128 Å². The summed E-state index contributed by atoms with van der Waals surface area (Å²) in [5.74, 6) is 6.52. The van der Waals surface area contributed by atoms with Crippen LogP contribution in [0.4, 0.5) is 0 Å². The number of rotatable bonds is 4. The van der Waals surface area contributed by atoms with E-state index in [1.54, 1.807) is 0 Å². The van der Waals surface area contributed by atoms with Gasteiger partial charge in [0.2, 0.25) is 0 Å². The second kappa shape index (κ2) is 11.4. The molecule has 0 bridgehead atoms. The molecular formula is C42H31N. The van der Waals surface area contributed by atoms with Crippen LogP contribution >= 0.6 is 0 Å². The fourth-order valence-corrected chi connectivity index (χ4v) is 6.17. The third kappa shape index (κ3) is 5.09. The smallest absolute Gasteiger partial charge is 0.0739 e. The third-order valence-electron chi connectivity index (χ3n) is 8.29. The minimum absolute atomic E-state index is 0.776. The van der Waals surface area contributed by atoms with E-state index in [-0.39, 0.29) is 0 Å². The third-order valence-corrected chi connectivity index (χ3v) is 8.29. The fraction of sp³-hybridized carbons (Fsp3) is 0.0714. The van der Waals surface area contributed by atoms with E-state index >= 15 is 0 Å². The maximum atomic E-state index is 4.61. The summed E-state index contributed by atoms with van der Waals surface area (Å²) in [5, 5.41) is 8.99. The SMILES string of the molecule is C=C(C#Cc1ccc(C2=CCC=c3c(c4ccccc4c4ccccc34)=C2)cc1)/C=C\c1ccc2cccnc2c1CC. The first-order valence-electron chi connectivity index (χ1n) is 14.9. The molecule has 0 N–H and O–H groups in total. The average Bonchev–Trinajstić information content (AvgIpc) is 3.30. The summed E-state index contributed by atoms with van der Waals surface area (Å²) in [6.07, 6.45) is 14.8. The molecule has 0 fully saturated rings. The highest BCUT2D eigenvalue weighted by molar-refractivity contribution is 6.09. The molecule has 0 amide bonds. The van der Waals surface area contributed by atoms with Gasteiger partial charge in [0.05, 0.1) is 5.52 Å². The van der Waals surface area contributed by atoms with Crippen molar-refractivity contribution in [1.29, 1.82) is 0 Å². The number of nitrogens with zero attached hydrogens (tertiary/aromatic N) is 1. The van der Waals surface area contributed by atoms with E-state index in [4.69, 9.17) is 0 Å². The largest absolute Gasteiger partial charge is 0.256 e. The number of fused-ring (bicyclic) bond motifs is 7. The number of aryl methyl sites for hydroxylation is 1. The minimum Gasteiger partial charge on any atom is -0.256 e. The van der Waals surface area contributed by atoms with Gasteiger partial charge >= 0.3 is 0 Å². The van der Waals surface area contributed by atoms with E-state index in [0.29, 0.717) is 0 Å². The summed E-state index contributed by atoms with van der Waals surface area (Å²) in [6.45, 7) is 6.35. The molecule has 1 aliphatic carbocycles. The lowest BCUT2D eigenvalue weighted by Crippen LogP contribution is -2.26. The summed E-state index contributed by atoms with van der Waals surface area (Å²) < 4.78 is 0. The summed E-state index contributed by atoms with van der Waals surface area (Å²) in [6, 6.07) is 34.4. The lowest BCUT2D eigenvalue weighted by atomic mass is 9.96. The second-order valence-electron chi connectivity index (χ2n) is 10.9. The van der Waals surface area contributed by atoms with Gasteiger partial charge in [0, 0.05) is 22.7 Å². The maximum absolute atomic E-state index is 4.61. The molecule has 0 atom stereocenters. The first-order valence-corrected chi connectivity index (χ1v) is 14.9. The van der Waals surface area contributed by atoms with E-state index < -0.39 is 0 Å². The predicted molar refractivity (Wildman–Crippen MR) is 185 cm³/mol. The molecule has 0 saturated carbocycles. The minimum atomic E-state index is 0.776. The number of aromatic nitrogens is 1. The van der Waals surface area contributed by atoms with Crippen molar-refractivity contribution in [2.45, 2.75) is 19.8 Å². The molecular weight excluding hydrogens is 518 g/mol. The molecule has 0 spiro atoms. The van der Waals surface area contributed by atoms with E-state index in [2.05, 4.69) is 146 Å². The highest BCUT2D eigenvalue weighted by Crippen LogP contribution is 2.25. The molecule has 1 heteroatoms. The van der Waals surface area contributed by atoms with Crippen LogP contribution in [0.25, 0.3) is 56.2 Å². The van der Waals surface area contributed by atoms with Gasteiger partial charge in [-0.3, -0.25) is 4.98 Å². The Kier molecular flexibility index (Phi) is 7.04. The van der Waals surface area contributed by atoms with Gasteiger partial charge in [0.1, 0.15) is 0 Å². The molecule has 204 valence electrons. The molecule has 5 aromatic carbocycles. The zero-order chi connectivity index (χ0) is 29.2. The van der Waals surface area contributed by atoms with Crippen molar-refractivity contribution in [2.75, 3.05) is 0 Å². The lowest BCUT2D eigenvalue weighted by molar-refractivity contribution is 1.14. The Labute approximate surface area is 252 Å². The number of allylic oxidation sites excluding steroid dienone is 4. The molecule has 0 aliphatic heterocycles. The summed E-state index contributed by atoms with van der Waals surface area (Å²) >= 11 is 0. The molecule has 0 radical (unpaired) electrons.